The van der Waals surface area contributed by atoms with Crippen molar-refractivity contribution in [2.45, 2.75) is 13.3 Å². The van der Waals surface area contributed by atoms with Crippen molar-refractivity contribution < 1.29 is 4.74 Å². The van der Waals surface area contributed by atoms with Crippen molar-refractivity contribution in [3.05, 3.63) is 24.3 Å². The summed E-state index contributed by atoms with van der Waals surface area (Å²) in [4.78, 5) is 0. The lowest BCUT2D eigenvalue weighted by atomic mass is 10.3. The van der Waals surface area contributed by atoms with Gasteiger partial charge in [0.1, 0.15) is 5.75 Å². The third-order valence-corrected chi connectivity index (χ3v) is 1.82. The SMILES string of the molecule is CC#CCCOc1ccc(NC)cc1. The van der Waals surface area contributed by atoms with Crippen LogP contribution in [0.4, 0.5) is 5.69 Å². The van der Waals surface area contributed by atoms with Gasteiger partial charge in [0.25, 0.3) is 0 Å². The van der Waals surface area contributed by atoms with E-state index in [0.29, 0.717) is 6.61 Å². The van der Waals surface area contributed by atoms with E-state index in [4.69, 9.17) is 4.74 Å². The molecule has 0 saturated heterocycles. The number of hydrogen-bond donors (Lipinski definition) is 1. The topological polar surface area (TPSA) is 21.3 Å². The molecule has 0 fully saturated rings. The molecule has 1 aromatic rings. The van der Waals surface area contributed by atoms with Crippen molar-refractivity contribution in [2.75, 3.05) is 19.0 Å². The van der Waals surface area contributed by atoms with E-state index in [1.54, 1.807) is 0 Å². The molecule has 2 nitrogen and oxygen atoms in total. The van der Waals surface area contributed by atoms with Crippen LogP contribution in [-0.4, -0.2) is 13.7 Å². The van der Waals surface area contributed by atoms with E-state index in [0.717, 1.165) is 17.9 Å². The highest BCUT2D eigenvalue weighted by molar-refractivity contribution is 5.45. The average molecular weight is 189 g/mol. The first-order valence-corrected chi connectivity index (χ1v) is 4.67. The molecule has 1 rings (SSSR count). The minimum absolute atomic E-state index is 0.653. The molecule has 0 bridgehead atoms. The molecule has 0 spiro atoms. The molecule has 0 aliphatic rings. The minimum Gasteiger partial charge on any atom is -0.493 e. The lowest BCUT2D eigenvalue weighted by molar-refractivity contribution is 0.327. The van der Waals surface area contributed by atoms with Crippen LogP contribution < -0.4 is 10.1 Å². The number of benzene rings is 1. The summed E-state index contributed by atoms with van der Waals surface area (Å²) in [5.41, 5.74) is 1.09. The highest BCUT2D eigenvalue weighted by Gasteiger charge is 1.92. The van der Waals surface area contributed by atoms with Crippen LogP contribution in [-0.2, 0) is 0 Å². The first kappa shape index (κ1) is 10.5. The zero-order valence-electron chi connectivity index (χ0n) is 8.63. The number of anilines is 1. The van der Waals surface area contributed by atoms with Crippen LogP contribution >= 0.6 is 0 Å². The van der Waals surface area contributed by atoms with Crippen molar-refractivity contribution in [3.8, 4) is 17.6 Å². The first-order valence-electron chi connectivity index (χ1n) is 4.67. The van der Waals surface area contributed by atoms with E-state index < -0.39 is 0 Å². The summed E-state index contributed by atoms with van der Waals surface area (Å²) < 4.78 is 5.48. The molecule has 2 heteroatoms. The molecule has 0 atom stereocenters. The maximum Gasteiger partial charge on any atom is 0.119 e. The van der Waals surface area contributed by atoms with Gasteiger partial charge in [0, 0.05) is 19.2 Å². The second-order valence-corrected chi connectivity index (χ2v) is 2.80. The summed E-state index contributed by atoms with van der Waals surface area (Å²) in [5, 5.41) is 3.05. The molecule has 1 aromatic carbocycles. The van der Waals surface area contributed by atoms with Gasteiger partial charge in [-0.1, -0.05) is 0 Å². The predicted molar refractivity (Wildman–Crippen MR) is 59.6 cm³/mol. The molecule has 0 amide bonds. The Bertz CT molecular complexity index is 318. The fourth-order valence-corrected chi connectivity index (χ4v) is 1.06. The Hall–Kier alpha value is -1.62. The van der Waals surface area contributed by atoms with Crippen molar-refractivity contribution in [1.29, 1.82) is 0 Å². The second kappa shape index (κ2) is 5.93. The lowest BCUT2D eigenvalue weighted by Crippen LogP contribution is -1.96. The molecule has 0 heterocycles. The molecular weight excluding hydrogens is 174 g/mol. The summed E-state index contributed by atoms with van der Waals surface area (Å²) in [6.07, 6.45) is 0.782. The summed E-state index contributed by atoms with van der Waals surface area (Å²) in [7, 11) is 1.90. The van der Waals surface area contributed by atoms with Crippen LogP contribution in [0.15, 0.2) is 24.3 Å². The zero-order chi connectivity index (χ0) is 10.2. The van der Waals surface area contributed by atoms with Crippen molar-refractivity contribution >= 4 is 5.69 Å². The molecule has 0 aromatic heterocycles. The third-order valence-electron chi connectivity index (χ3n) is 1.82. The minimum atomic E-state index is 0.653. The van der Waals surface area contributed by atoms with Gasteiger partial charge in [-0.25, -0.2) is 0 Å². The Labute approximate surface area is 85.3 Å². The van der Waals surface area contributed by atoms with Crippen molar-refractivity contribution in [3.63, 3.8) is 0 Å². The number of rotatable bonds is 4. The summed E-state index contributed by atoms with van der Waals surface area (Å²) >= 11 is 0. The van der Waals surface area contributed by atoms with Crippen molar-refractivity contribution in [2.24, 2.45) is 0 Å². The summed E-state index contributed by atoms with van der Waals surface area (Å²) in [5.74, 6) is 6.68. The van der Waals surface area contributed by atoms with E-state index in [1.807, 2.05) is 38.2 Å². The van der Waals surface area contributed by atoms with Crippen LogP contribution in [0.3, 0.4) is 0 Å². The van der Waals surface area contributed by atoms with Gasteiger partial charge >= 0.3 is 0 Å². The fourth-order valence-electron chi connectivity index (χ4n) is 1.06. The van der Waals surface area contributed by atoms with Gasteiger partial charge in [-0.2, -0.15) is 0 Å². The standard InChI is InChI=1S/C12H15NO/c1-3-4-5-10-14-12-8-6-11(13-2)7-9-12/h6-9,13H,5,10H2,1-2H3. The van der Waals surface area contributed by atoms with E-state index >= 15 is 0 Å². The van der Waals surface area contributed by atoms with Gasteiger partial charge in [0.15, 0.2) is 0 Å². The number of hydrogen-bond acceptors (Lipinski definition) is 2. The van der Waals surface area contributed by atoms with Crippen LogP contribution in [0.5, 0.6) is 5.75 Å². The van der Waals surface area contributed by atoms with Gasteiger partial charge < -0.3 is 10.1 Å². The van der Waals surface area contributed by atoms with E-state index in [-0.39, 0.29) is 0 Å². The van der Waals surface area contributed by atoms with E-state index in [1.165, 1.54) is 0 Å². The predicted octanol–water partition coefficient (Wildman–Crippen LogP) is 2.52. The van der Waals surface area contributed by atoms with Crippen LogP contribution in [0, 0.1) is 11.8 Å². The molecule has 0 unspecified atom stereocenters. The van der Waals surface area contributed by atoms with Crippen LogP contribution in [0.2, 0.25) is 0 Å². The third kappa shape index (κ3) is 3.40. The zero-order valence-corrected chi connectivity index (χ0v) is 8.63. The molecule has 0 aliphatic carbocycles. The van der Waals surface area contributed by atoms with Gasteiger partial charge in [-0.05, 0) is 31.2 Å². The van der Waals surface area contributed by atoms with Gasteiger partial charge in [-0.3, -0.25) is 0 Å². The highest BCUT2D eigenvalue weighted by Crippen LogP contribution is 2.14. The smallest absolute Gasteiger partial charge is 0.119 e. The Morgan fingerprint density at radius 1 is 1.29 bits per heavy atom. The highest BCUT2D eigenvalue weighted by atomic mass is 16.5. The lowest BCUT2D eigenvalue weighted by Gasteiger charge is -2.04. The first-order chi connectivity index (χ1) is 6.86. The fraction of sp³-hybridized carbons (Fsp3) is 0.333. The monoisotopic (exact) mass is 189 g/mol. The maximum absolute atomic E-state index is 5.48. The molecule has 14 heavy (non-hydrogen) atoms. The Morgan fingerprint density at radius 3 is 2.57 bits per heavy atom. The Kier molecular flexibility index (Phi) is 4.43. The van der Waals surface area contributed by atoms with Gasteiger partial charge in [-0.15, -0.1) is 11.8 Å². The molecule has 74 valence electrons. The second-order valence-electron chi connectivity index (χ2n) is 2.80. The molecular formula is C12H15NO. The molecule has 1 N–H and O–H groups in total. The average Bonchev–Trinajstić information content (AvgIpc) is 2.25. The summed E-state index contributed by atoms with van der Waals surface area (Å²) in [6, 6.07) is 7.87. The largest absolute Gasteiger partial charge is 0.493 e. The van der Waals surface area contributed by atoms with Crippen molar-refractivity contribution in [1.82, 2.24) is 0 Å². The van der Waals surface area contributed by atoms with Gasteiger partial charge in [0.2, 0.25) is 0 Å². The molecule has 0 radical (unpaired) electrons. The Balaban J connectivity index is 2.38. The maximum atomic E-state index is 5.48. The normalized spacial score (nSPS) is 8.71. The Morgan fingerprint density at radius 2 is 2.00 bits per heavy atom. The molecule has 0 aliphatic heterocycles. The quantitative estimate of drug-likeness (QED) is 0.580. The summed E-state index contributed by atoms with van der Waals surface area (Å²) in [6.45, 7) is 2.49. The van der Waals surface area contributed by atoms with Gasteiger partial charge in [0.05, 0.1) is 6.61 Å². The molecule has 0 saturated carbocycles. The van der Waals surface area contributed by atoms with E-state index in [2.05, 4.69) is 17.2 Å². The van der Waals surface area contributed by atoms with Crippen LogP contribution in [0.1, 0.15) is 13.3 Å². The number of ether oxygens (including phenoxy) is 1. The van der Waals surface area contributed by atoms with E-state index in [9.17, 15) is 0 Å². The number of nitrogens with one attached hydrogen (secondary N) is 1. The van der Waals surface area contributed by atoms with Crippen LogP contribution in [0.25, 0.3) is 0 Å².